The fourth-order valence-corrected chi connectivity index (χ4v) is 3.30. The van der Waals surface area contributed by atoms with Gasteiger partial charge in [-0.25, -0.2) is 0 Å². The van der Waals surface area contributed by atoms with Crippen molar-refractivity contribution in [2.75, 3.05) is 6.54 Å². The second-order valence-electron chi connectivity index (χ2n) is 5.91. The van der Waals surface area contributed by atoms with Gasteiger partial charge in [0.1, 0.15) is 0 Å². The molecule has 0 aromatic heterocycles. The highest BCUT2D eigenvalue weighted by atomic mass is 19.4. The standard InChI is InChI=1S/C17H24F3N/c1-2-12-21-16(10-11-17(18,19)20)15-9-5-7-13-6-3-4-8-14(13)15/h3-4,6,8,15-16,21H,2,5,7,9-12H2,1H3. The van der Waals surface area contributed by atoms with Gasteiger partial charge in [0.25, 0.3) is 0 Å². The fourth-order valence-electron chi connectivity index (χ4n) is 3.30. The van der Waals surface area contributed by atoms with Crippen molar-refractivity contribution >= 4 is 0 Å². The molecule has 2 unspecified atom stereocenters. The summed E-state index contributed by atoms with van der Waals surface area (Å²) in [6.07, 6.45) is -0.562. The normalized spacial score (nSPS) is 20.1. The topological polar surface area (TPSA) is 12.0 Å². The number of fused-ring (bicyclic) bond motifs is 1. The molecule has 1 aromatic carbocycles. The molecule has 1 aliphatic rings. The van der Waals surface area contributed by atoms with Crippen molar-refractivity contribution in [1.82, 2.24) is 5.32 Å². The summed E-state index contributed by atoms with van der Waals surface area (Å²) < 4.78 is 37.7. The first kappa shape index (κ1) is 16.3. The third-order valence-electron chi connectivity index (χ3n) is 4.30. The predicted molar refractivity (Wildman–Crippen MR) is 79.5 cm³/mol. The van der Waals surface area contributed by atoms with Crippen molar-refractivity contribution in [1.29, 1.82) is 0 Å². The van der Waals surface area contributed by atoms with Crippen molar-refractivity contribution in [3.8, 4) is 0 Å². The van der Waals surface area contributed by atoms with E-state index in [-0.39, 0.29) is 18.4 Å². The molecule has 118 valence electrons. The Bertz CT molecular complexity index is 442. The first-order valence-corrected chi connectivity index (χ1v) is 7.89. The van der Waals surface area contributed by atoms with Crippen molar-refractivity contribution in [2.24, 2.45) is 0 Å². The number of rotatable bonds is 6. The summed E-state index contributed by atoms with van der Waals surface area (Å²) in [7, 11) is 0. The average molecular weight is 299 g/mol. The third-order valence-corrected chi connectivity index (χ3v) is 4.30. The Kier molecular flexibility index (Phi) is 5.68. The smallest absolute Gasteiger partial charge is 0.313 e. The van der Waals surface area contributed by atoms with Crippen LogP contribution in [0, 0.1) is 0 Å². The molecule has 0 saturated carbocycles. The van der Waals surface area contributed by atoms with Crippen LogP contribution in [0.1, 0.15) is 56.1 Å². The maximum Gasteiger partial charge on any atom is 0.389 e. The number of hydrogen-bond donors (Lipinski definition) is 1. The average Bonchev–Trinajstić information content (AvgIpc) is 2.46. The molecule has 2 rings (SSSR count). The minimum absolute atomic E-state index is 0.0759. The molecule has 0 heterocycles. The van der Waals surface area contributed by atoms with Crippen LogP contribution < -0.4 is 5.32 Å². The van der Waals surface area contributed by atoms with Gasteiger partial charge in [-0.15, -0.1) is 0 Å². The molecular weight excluding hydrogens is 275 g/mol. The third kappa shape index (κ3) is 4.73. The van der Waals surface area contributed by atoms with E-state index in [9.17, 15) is 13.2 Å². The lowest BCUT2D eigenvalue weighted by Gasteiger charge is -2.33. The molecular formula is C17H24F3N. The molecule has 1 aromatic rings. The number of benzene rings is 1. The number of alkyl halides is 3. The van der Waals surface area contributed by atoms with Crippen LogP contribution in [0.15, 0.2) is 24.3 Å². The van der Waals surface area contributed by atoms with E-state index in [0.29, 0.717) is 0 Å². The van der Waals surface area contributed by atoms with Gasteiger partial charge in [0.15, 0.2) is 0 Å². The van der Waals surface area contributed by atoms with Crippen molar-refractivity contribution in [3.63, 3.8) is 0 Å². The number of hydrogen-bond acceptors (Lipinski definition) is 1. The Hall–Kier alpha value is -1.03. The van der Waals surface area contributed by atoms with E-state index in [1.807, 2.05) is 19.1 Å². The van der Waals surface area contributed by atoms with Crippen LogP contribution in [-0.2, 0) is 6.42 Å². The number of halogens is 3. The van der Waals surface area contributed by atoms with E-state index < -0.39 is 12.6 Å². The summed E-state index contributed by atoms with van der Waals surface area (Å²) in [5.74, 6) is 0.212. The summed E-state index contributed by atoms with van der Waals surface area (Å²) in [6.45, 7) is 2.82. The molecule has 0 bridgehead atoms. The highest BCUT2D eigenvalue weighted by Crippen LogP contribution is 2.36. The van der Waals surface area contributed by atoms with Crippen LogP contribution in [0.25, 0.3) is 0 Å². The van der Waals surface area contributed by atoms with Gasteiger partial charge >= 0.3 is 6.18 Å². The van der Waals surface area contributed by atoms with Crippen LogP contribution in [0.4, 0.5) is 13.2 Å². The zero-order valence-corrected chi connectivity index (χ0v) is 12.5. The van der Waals surface area contributed by atoms with E-state index >= 15 is 0 Å². The summed E-state index contributed by atoms with van der Waals surface area (Å²) in [4.78, 5) is 0. The SMILES string of the molecule is CCCNC(CCC(F)(F)F)C1CCCc2ccccc21. The lowest BCUT2D eigenvalue weighted by atomic mass is 9.77. The zero-order chi connectivity index (χ0) is 15.3. The Morgan fingerprint density at radius 2 is 2.05 bits per heavy atom. The summed E-state index contributed by atoms with van der Waals surface area (Å²) >= 11 is 0. The van der Waals surface area contributed by atoms with Crippen LogP contribution >= 0.6 is 0 Å². The molecule has 2 atom stereocenters. The number of nitrogens with one attached hydrogen (secondary N) is 1. The second-order valence-corrected chi connectivity index (χ2v) is 5.91. The summed E-state index contributed by atoms with van der Waals surface area (Å²) in [6, 6.07) is 8.15. The molecule has 1 nitrogen and oxygen atoms in total. The second kappa shape index (κ2) is 7.30. The molecule has 1 aliphatic carbocycles. The van der Waals surface area contributed by atoms with Gasteiger partial charge in [0.05, 0.1) is 0 Å². The minimum atomic E-state index is -4.07. The molecule has 0 aliphatic heterocycles. The predicted octanol–water partition coefficient (Wildman–Crippen LogP) is 4.82. The quantitative estimate of drug-likeness (QED) is 0.794. The maximum atomic E-state index is 12.6. The number of aryl methyl sites for hydroxylation is 1. The Morgan fingerprint density at radius 1 is 1.29 bits per heavy atom. The van der Waals surface area contributed by atoms with E-state index in [1.54, 1.807) is 0 Å². The molecule has 21 heavy (non-hydrogen) atoms. The van der Waals surface area contributed by atoms with Gasteiger partial charge in [-0.05, 0) is 55.7 Å². The molecule has 0 spiro atoms. The van der Waals surface area contributed by atoms with Gasteiger partial charge in [-0.3, -0.25) is 0 Å². The largest absolute Gasteiger partial charge is 0.389 e. The van der Waals surface area contributed by atoms with Crippen LogP contribution in [-0.4, -0.2) is 18.8 Å². The van der Waals surface area contributed by atoms with Crippen LogP contribution in [0.5, 0.6) is 0 Å². The van der Waals surface area contributed by atoms with Crippen molar-refractivity contribution in [2.45, 2.75) is 63.6 Å². The molecule has 4 heteroatoms. The van der Waals surface area contributed by atoms with Crippen LogP contribution in [0.2, 0.25) is 0 Å². The van der Waals surface area contributed by atoms with Crippen molar-refractivity contribution in [3.05, 3.63) is 35.4 Å². The monoisotopic (exact) mass is 299 g/mol. The molecule has 0 amide bonds. The fraction of sp³-hybridized carbons (Fsp3) is 0.647. The summed E-state index contributed by atoms with van der Waals surface area (Å²) in [5, 5.41) is 3.35. The van der Waals surface area contributed by atoms with Gasteiger partial charge < -0.3 is 5.32 Å². The lowest BCUT2D eigenvalue weighted by molar-refractivity contribution is -0.137. The van der Waals surface area contributed by atoms with Gasteiger partial charge in [0.2, 0.25) is 0 Å². The minimum Gasteiger partial charge on any atom is -0.313 e. The Morgan fingerprint density at radius 3 is 2.76 bits per heavy atom. The summed E-state index contributed by atoms with van der Waals surface area (Å²) in [5.41, 5.74) is 2.56. The van der Waals surface area contributed by atoms with E-state index in [0.717, 1.165) is 32.2 Å². The first-order valence-electron chi connectivity index (χ1n) is 7.89. The Balaban J connectivity index is 2.13. The highest BCUT2D eigenvalue weighted by Gasteiger charge is 2.32. The highest BCUT2D eigenvalue weighted by molar-refractivity contribution is 5.33. The first-order chi connectivity index (χ1) is 10.0. The maximum absolute atomic E-state index is 12.6. The molecule has 1 N–H and O–H groups in total. The van der Waals surface area contributed by atoms with E-state index in [4.69, 9.17) is 0 Å². The zero-order valence-electron chi connectivity index (χ0n) is 12.5. The van der Waals surface area contributed by atoms with Gasteiger partial charge in [-0.1, -0.05) is 31.2 Å². The molecule has 0 saturated heterocycles. The van der Waals surface area contributed by atoms with Crippen molar-refractivity contribution < 1.29 is 13.2 Å². The van der Waals surface area contributed by atoms with E-state index in [2.05, 4.69) is 17.4 Å². The Labute approximate surface area is 124 Å². The van der Waals surface area contributed by atoms with Gasteiger partial charge in [-0.2, -0.15) is 13.2 Å². The lowest BCUT2D eigenvalue weighted by Crippen LogP contribution is -2.38. The molecule has 0 fully saturated rings. The molecule has 0 radical (unpaired) electrons. The van der Waals surface area contributed by atoms with Crippen LogP contribution in [0.3, 0.4) is 0 Å². The van der Waals surface area contributed by atoms with Gasteiger partial charge in [0, 0.05) is 12.5 Å². The van der Waals surface area contributed by atoms with E-state index in [1.165, 1.54) is 11.1 Å².